The van der Waals surface area contributed by atoms with Crippen molar-refractivity contribution in [3.8, 4) is 0 Å². The van der Waals surface area contributed by atoms with Gasteiger partial charge in [-0.05, 0) is 22.3 Å². The lowest BCUT2D eigenvalue weighted by atomic mass is 10.0. The Morgan fingerprint density at radius 3 is 1.38 bits per heavy atom. The van der Waals surface area contributed by atoms with E-state index < -0.39 is 6.29 Å². The first-order chi connectivity index (χ1) is 19.8. The SMILES string of the molecule is I[C@@H]1[C@@H](OCc2ccccc2)O[C@H](COCc2ccccc2)[C@@H](OCc2ccccc2)[C@@H]1OCc1ccccc1. The normalized spacial score (nSPS) is 22.7. The third kappa shape index (κ3) is 8.46. The minimum atomic E-state index is -0.483. The molecule has 1 aliphatic rings. The summed E-state index contributed by atoms with van der Waals surface area (Å²) in [5, 5.41) is 0. The van der Waals surface area contributed by atoms with Crippen LogP contribution in [0.1, 0.15) is 22.3 Å². The zero-order chi connectivity index (χ0) is 27.4. The number of alkyl halides is 1. The van der Waals surface area contributed by atoms with E-state index >= 15 is 0 Å². The molecule has 0 aromatic heterocycles. The molecule has 40 heavy (non-hydrogen) atoms. The van der Waals surface area contributed by atoms with Crippen LogP contribution in [0, 0.1) is 0 Å². The van der Waals surface area contributed by atoms with Crippen LogP contribution in [0.3, 0.4) is 0 Å². The zero-order valence-corrected chi connectivity index (χ0v) is 24.5. The Balaban J connectivity index is 1.34. The number of hydrogen-bond donors (Lipinski definition) is 0. The molecule has 4 aromatic rings. The lowest BCUT2D eigenvalue weighted by Crippen LogP contribution is -2.59. The fourth-order valence-electron chi connectivity index (χ4n) is 4.68. The van der Waals surface area contributed by atoms with Gasteiger partial charge in [-0.2, -0.15) is 0 Å². The molecule has 0 amide bonds. The number of benzene rings is 4. The van der Waals surface area contributed by atoms with Crippen LogP contribution in [0.15, 0.2) is 121 Å². The van der Waals surface area contributed by atoms with E-state index in [1.54, 1.807) is 0 Å². The highest BCUT2D eigenvalue weighted by Crippen LogP contribution is 2.33. The van der Waals surface area contributed by atoms with E-state index in [-0.39, 0.29) is 22.2 Å². The zero-order valence-electron chi connectivity index (χ0n) is 22.4. The van der Waals surface area contributed by atoms with Gasteiger partial charge in [-0.25, -0.2) is 0 Å². The molecule has 5 rings (SSSR count). The van der Waals surface area contributed by atoms with E-state index in [0.717, 1.165) is 22.3 Å². The van der Waals surface area contributed by atoms with Crippen LogP contribution in [0.5, 0.6) is 0 Å². The molecule has 4 aromatic carbocycles. The predicted octanol–water partition coefficient (Wildman–Crippen LogP) is 7.12. The third-order valence-corrected chi connectivity index (χ3v) is 8.09. The molecular weight excluding hydrogens is 615 g/mol. The predicted molar refractivity (Wildman–Crippen MR) is 164 cm³/mol. The summed E-state index contributed by atoms with van der Waals surface area (Å²) in [5.74, 6) is 0. The van der Waals surface area contributed by atoms with Gasteiger partial charge in [-0.15, -0.1) is 0 Å². The Morgan fingerprint density at radius 1 is 0.500 bits per heavy atom. The van der Waals surface area contributed by atoms with E-state index in [4.69, 9.17) is 23.7 Å². The maximum atomic E-state index is 6.61. The van der Waals surface area contributed by atoms with Crippen LogP contribution in [0.4, 0.5) is 0 Å². The molecule has 5 nitrogen and oxygen atoms in total. The van der Waals surface area contributed by atoms with Crippen molar-refractivity contribution in [3.63, 3.8) is 0 Å². The first-order valence-corrected chi connectivity index (χ1v) is 14.9. The smallest absolute Gasteiger partial charge is 0.172 e. The quantitative estimate of drug-likeness (QED) is 0.114. The second-order valence-electron chi connectivity index (χ2n) is 9.81. The first-order valence-electron chi connectivity index (χ1n) is 13.6. The van der Waals surface area contributed by atoms with Gasteiger partial charge < -0.3 is 23.7 Å². The standard InChI is InChI=1S/C34H35IO5/c35-31-33(38-23-28-17-9-3-10-18-28)32(37-22-27-15-7-2-8-16-27)30(25-36-21-26-13-5-1-6-14-26)40-34(31)39-24-29-19-11-4-12-20-29/h1-20,30-34H,21-25H2/t30-,31+,32-,33-,34+/m1/s1. The second kappa shape index (κ2) is 15.4. The summed E-state index contributed by atoms with van der Waals surface area (Å²) in [4.78, 5) is 0. The lowest BCUT2D eigenvalue weighted by Gasteiger charge is -2.44. The van der Waals surface area contributed by atoms with Gasteiger partial charge in [0, 0.05) is 0 Å². The number of ether oxygens (including phenoxy) is 5. The molecule has 0 N–H and O–H groups in total. The molecule has 0 spiro atoms. The Labute approximate surface area is 250 Å². The molecule has 1 saturated heterocycles. The van der Waals surface area contributed by atoms with Crippen LogP contribution in [0.2, 0.25) is 0 Å². The van der Waals surface area contributed by atoms with Crippen LogP contribution < -0.4 is 0 Å². The fraction of sp³-hybridized carbons (Fsp3) is 0.294. The molecule has 1 fully saturated rings. The summed E-state index contributed by atoms with van der Waals surface area (Å²) >= 11 is 2.40. The van der Waals surface area contributed by atoms with Crippen molar-refractivity contribution < 1.29 is 23.7 Å². The molecule has 1 aliphatic heterocycles. The Bertz CT molecular complexity index is 1200. The summed E-state index contributed by atoms with van der Waals surface area (Å²) < 4.78 is 32.2. The van der Waals surface area contributed by atoms with Crippen molar-refractivity contribution in [1.29, 1.82) is 0 Å². The average molecular weight is 651 g/mol. The van der Waals surface area contributed by atoms with E-state index in [1.165, 1.54) is 0 Å². The second-order valence-corrected chi connectivity index (χ2v) is 11.2. The highest BCUT2D eigenvalue weighted by Gasteiger charge is 2.47. The van der Waals surface area contributed by atoms with Crippen LogP contribution in [-0.2, 0) is 50.1 Å². The van der Waals surface area contributed by atoms with Crippen molar-refractivity contribution in [1.82, 2.24) is 0 Å². The van der Waals surface area contributed by atoms with Crippen molar-refractivity contribution in [2.45, 2.75) is 55.0 Å². The van der Waals surface area contributed by atoms with Gasteiger partial charge in [0.05, 0.1) is 37.0 Å². The average Bonchev–Trinajstić information content (AvgIpc) is 3.01. The summed E-state index contributed by atoms with van der Waals surface area (Å²) in [5.41, 5.74) is 4.41. The minimum Gasteiger partial charge on any atom is -0.374 e. The van der Waals surface area contributed by atoms with E-state index in [0.29, 0.717) is 33.0 Å². The first kappa shape index (κ1) is 28.9. The van der Waals surface area contributed by atoms with Crippen LogP contribution >= 0.6 is 22.6 Å². The third-order valence-electron chi connectivity index (χ3n) is 6.79. The van der Waals surface area contributed by atoms with E-state index in [2.05, 4.69) is 71.1 Å². The number of rotatable bonds is 13. The van der Waals surface area contributed by atoms with Crippen molar-refractivity contribution in [3.05, 3.63) is 144 Å². The molecule has 1 heterocycles. The summed E-state index contributed by atoms with van der Waals surface area (Å²) in [6, 6.07) is 40.7. The summed E-state index contributed by atoms with van der Waals surface area (Å²) in [7, 11) is 0. The van der Waals surface area contributed by atoms with E-state index in [9.17, 15) is 0 Å². The minimum absolute atomic E-state index is 0.101. The molecule has 5 atom stereocenters. The largest absolute Gasteiger partial charge is 0.374 e. The molecule has 0 aliphatic carbocycles. The van der Waals surface area contributed by atoms with Gasteiger partial charge in [-0.3, -0.25) is 0 Å². The van der Waals surface area contributed by atoms with Gasteiger partial charge in [0.15, 0.2) is 6.29 Å². The monoisotopic (exact) mass is 650 g/mol. The summed E-state index contributed by atoms with van der Waals surface area (Å²) in [6.07, 6.45) is -1.48. The molecule has 0 unspecified atom stereocenters. The number of hydrogen-bond acceptors (Lipinski definition) is 5. The summed E-state index contributed by atoms with van der Waals surface area (Å²) in [6.45, 7) is 2.22. The van der Waals surface area contributed by atoms with Crippen molar-refractivity contribution >= 4 is 22.6 Å². The van der Waals surface area contributed by atoms with Gasteiger partial charge in [-0.1, -0.05) is 144 Å². The Kier molecular flexibility index (Phi) is 11.1. The highest BCUT2D eigenvalue weighted by molar-refractivity contribution is 14.1. The van der Waals surface area contributed by atoms with Gasteiger partial charge in [0.1, 0.15) is 18.3 Å². The molecule has 0 radical (unpaired) electrons. The lowest BCUT2D eigenvalue weighted by molar-refractivity contribution is -0.274. The van der Waals surface area contributed by atoms with Gasteiger partial charge in [0.2, 0.25) is 0 Å². The topological polar surface area (TPSA) is 46.2 Å². The maximum absolute atomic E-state index is 6.61. The highest BCUT2D eigenvalue weighted by atomic mass is 127. The van der Waals surface area contributed by atoms with Gasteiger partial charge in [0.25, 0.3) is 0 Å². The molecule has 6 heteroatoms. The molecule has 0 bridgehead atoms. The molecule has 208 valence electrons. The molecule has 0 saturated carbocycles. The Hall–Kier alpha value is -2.59. The number of halogens is 1. The van der Waals surface area contributed by atoms with Crippen molar-refractivity contribution in [2.24, 2.45) is 0 Å². The Morgan fingerprint density at radius 2 is 0.900 bits per heavy atom. The fourth-order valence-corrected chi connectivity index (χ4v) is 5.67. The van der Waals surface area contributed by atoms with Gasteiger partial charge >= 0.3 is 0 Å². The van der Waals surface area contributed by atoms with Crippen LogP contribution in [-0.4, -0.2) is 35.1 Å². The maximum Gasteiger partial charge on any atom is 0.172 e. The van der Waals surface area contributed by atoms with Crippen LogP contribution in [0.25, 0.3) is 0 Å². The molecular formula is C34H35IO5. The van der Waals surface area contributed by atoms with E-state index in [1.807, 2.05) is 72.8 Å². The van der Waals surface area contributed by atoms with Crippen molar-refractivity contribution in [2.75, 3.05) is 6.61 Å².